The molecule has 16 heavy (non-hydrogen) atoms. The summed E-state index contributed by atoms with van der Waals surface area (Å²) in [6.45, 7) is 4.95. The van der Waals surface area contributed by atoms with Crippen LogP contribution in [0, 0.1) is 13.8 Å². The molecule has 1 aromatic heterocycles. The highest BCUT2D eigenvalue weighted by Crippen LogP contribution is 2.15. The van der Waals surface area contributed by atoms with Crippen molar-refractivity contribution in [1.29, 1.82) is 0 Å². The Morgan fingerprint density at radius 2 is 2.12 bits per heavy atom. The maximum absolute atomic E-state index is 5.20. The minimum absolute atomic E-state index is 0.837. The van der Waals surface area contributed by atoms with Gasteiger partial charge in [0.2, 0.25) is 0 Å². The van der Waals surface area contributed by atoms with Crippen LogP contribution in [0.5, 0.6) is 5.75 Å². The fraction of sp³-hybridized carbons (Fsp3) is 0.308. The van der Waals surface area contributed by atoms with Crippen LogP contribution in [0.2, 0.25) is 0 Å². The van der Waals surface area contributed by atoms with Gasteiger partial charge >= 0.3 is 0 Å². The largest absolute Gasteiger partial charge is 0.497 e. The standard InChI is InChI=1S/C13H16N2O/c1-10-11(2)15(9-14-10)8-12-5-4-6-13(7-12)16-3/h4-7,9H,8H2,1-3H3. The number of aryl methyl sites for hydroxylation is 1. The van der Waals surface area contributed by atoms with Crippen LogP contribution in [0.4, 0.5) is 0 Å². The summed E-state index contributed by atoms with van der Waals surface area (Å²) in [5.41, 5.74) is 3.52. The minimum atomic E-state index is 0.837. The molecule has 0 radical (unpaired) electrons. The molecule has 3 heteroatoms. The van der Waals surface area contributed by atoms with Gasteiger partial charge in [0.05, 0.1) is 19.1 Å². The molecule has 1 aromatic carbocycles. The molecular formula is C13H16N2O. The van der Waals surface area contributed by atoms with Crippen molar-refractivity contribution in [3.05, 3.63) is 47.5 Å². The monoisotopic (exact) mass is 216 g/mol. The van der Waals surface area contributed by atoms with Gasteiger partial charge in [0, 0.05) is 12.2 Å². The topological polar surface area (TPSA) is 27.1 Å². The van der Waals surface area contributed by atoms with Gasteiger partial charge in [0.25, 0.3) is 0 Å². The normalized spacial score (nSPS) is 10.4. The van der Waals surface area contributed by atoms with E-state index >= 15 is 0 Å². The van der Waals surface area contributed by atoms with Gasteiger partial charge in [-0.1, -0.05) is 12.1 Å². The van der Waals surface area contributed by atoms with E-state index in [0.29, 0.717) is 0 Å². The zero-order valence-electron chi connectivity index (χ0n) is 9.90. The van der Waals surface area contributed by atoms with Gasteiger partial charge in [0.1, 0.15) is 5.75 Å². The Hall–Kier alpha value is -1.77. The number of hydrogen-bond donors (Lipinski definition) is 0. The van der Waals surface area contributed by atoms with Crippen LogP contribution < -0.4 is 4.74 Å². The first kappa shape index (κ1) is 10.7. The summed E-state index contributed by atoms with van der Waals surface area (Å²) in [5.74, 6) is 0.895. The van der Waals surface area contributed by atoms with Crippen LogP contribution in [0.3, 0.4) is 0 Å². The molecule has 0 N–H and O–H groups in total. The molecule has 3 nitrogen and oxygen atoms in total. The molecule has 1 heterocycles. The average Bonchev–Trinajstić information content (AvgIpc) is 2.61. The molecule has 0 unspecified atom stereocenters. The Balaban J connectivity index is 2.23. The van der Waals surface area contributed by atoms with Crippen molar-refractivity contribution in [2.75, 3.05) is 7.11 Å². The van der Waals surface area contributed by atoms with Crippen LogP contribution in [0.1, 0.15) is 17.0 Å². The molecule has 0 fully saturated rings. The lowest BCUT2D eigenvalue weighted by atomic mass is 10.2. The van der Waals surface area contributed by atoms with E-state index in [1.165, 1.54) is 11.3 Å². The van der Waals surface area contributed by atoms with Crippen molar-refractivity contribution in [3.8, 4) is 5.75 Å². The van der Waals surface area contributed by atoms with Crippen molar-refractivity contribution in [1.82, 2.24) is 9.55 Å². The molecule has 0 aliphatic rings. The second-order valence-corrected chi connectivity index (χ2v) is 3.89. The third-order valence-electron chi connectivity index (χ3n) is 2.83. The highest BCUT2D eigenvalue weighted by atomic mass is 16.5. The molecule has 0 bridgehead atoms. The zero-order valence-corrected chi connectivity index (χ0v) is 9.90. The van der Waals surface area contributed by atoms with Crippen molar-refractivity contribution in [3.63, 3.8) is 0 Å². The first-order valence-corrected chi connectivity index (χ1v) is 5.32. The summed E-state index contributed by atoms with van der Waals surface area (Å²) in [7, 11) is 1.69. The molecule has 0 aliphatic heterocycles. The van der Waals surface area contributed by atoms with Crippen LogP contribution in [0.15, 0.2) is 30.6 Å². The Labute approximate surface area is 95.7 Å². The number of rotatable bonds is 3. The fourth-order valence-corrected chi connectivity index (χ4v) is 1.67. The summed E-state index contributed by atoms with van der Waals surface area (Å²) in [6, 6.07) is 8.11. The number of hydrogen-bond acceptors (Lipinski definition) is 2. The third-order valence-corrected chi connectivity index (χ3v) is 2.83. The van der Waals surface area contributed by atoms with Gasteiger partial charge < -0.3 is 9.30 Å². The number of imidazole rings is 1. The van der Waals surface area contributed by atoms with Crippen molar-refractivity contribution >= 4 is 0 Å². The summed E-state index contributed by atoms with van der Waals surface area (Å²) in [5, 5.41) is 0. The van der Waals surface area contributed by atoms with E-state index in [1.807, 2.05) is 25.4 Å². The molecule has 0 amide bonds. The highest BCUT2D eigenvalue weighted by molar-refractivity contribution is 5.29. The van der Waals surface area contributed by atoms with E-state index in [9.17, 15) is 0 Å². The van der Waals surface area contributed by atoms with E-state index < -0.39 is 0 Å². The van der Waals surface area contributed by atoms with Crippen LogP contribution in [-0.4, -0.2) is 16.7 Å². The van der Waals surface area contributed by atoms with E-state index in [-0.39, 0.29) is 0 Å². The second-order valence-electron chi connectivity index (χ2n) is 3.89. The van der Waals surface area contributed by atoms with Gasteiger partial charge in [-0.3, -0.25) is 0 Å². The van der Waals surface area contributed by atoms with E-state index in [0.717, 1.165) is 18.0 Å². The average molecular weight is 216 g/mol. The number of ether oxygens (including phenoxy) is 1. The summed E-state index contributed by atoms with van der Waals surface area (Å²) < 4.78 is 7.35. The van der Waals surface area contributed by atoms with E-state index in [4.69, 9.17) is 4.74 Å². The van der Waals surface area contributed by atoms with Gasteiger partial charge in [-0.2, -0.15) is 0 Å². The minimum Gasteiger partial charge on any atom is -0.497 e. The number of aromatic nitrogens is 2. The quantitative estimate of drug-likeness (QED) is 0.788. The lowest BCUT2D eigenvalue weighted by molar-refractivity contribution is 0.414. The van der Waals surface area contributed by atoms with E-state index in [2.05, 4.69) is 28.6 Å². The Morgan fingerprint density at radius 3 is 2.75 bits per heavy atom. The summed E-state index contributed by atoms with van der Waals surface area (Å²) in [6.07, 6.45) is 1.88. The van der Waals surface area contributed by atoms with Gasteiger partial charge in [0.15, 0.2) is 0 Å². The summed E-state index contributed by atoms with van der Waals surface area (Å²) in [4.78, 5) is 4.29. The SMILES string of the molecule is COc1cccc(Cn2cnc(C)c2C)c1. The van der Waals surface area contributed by atoms with Crippen molar-refractivity contribution in [2.24, 2.45) is 0 Å². The molecular weight excluding hydrogens is 200 g/mol. The molecule has 0 atom stereocenters. The van der Waals surface area contributed by atoms with Crippen molar-refractivity contribution in [2.45, 2.75) is 20.4 Å². The smallest absolute Gasteiger partial charge is 0.119 e. The molecule has 0 saturated carbocycles. The molecule has 84 valence electrons. The highest BCUT2D eigenvalue weighted by Gasteiger charge is 2.03. The predicted octanol–water partition coefficient (Wildman–Crippen LogP) is 2.56. The summed E-state index contributed by atoms with van der Waals surface area (Å²) >= 11 is 0. The molecule has 0 aliphatic carbocycles. The number of benzene rings is 1. The number of nitrogens with zero attached hydrogens (tertiary/aromatic N) is 2. The Morgan fingerprint density at radius 1 is 1.31 bits per heavy atom. The third kappa shape index (κ3) is 2.08. The van der Waals surface area contributed by atoms with Gasteiger partial charge in [-0.05, 0) is 31.5 Å². The van der Waals surface area contributed by atoms with Crippen LogP contribution >= 0.6 is 0 Å². The first-order valence-electron chi connectivity index (χ1n) is 5.32. The van der Waals surface area contributed by atoms with Gasteiger partial charge in [-0.25, -0.2) is 4.98 Å². The number of methoxy groups -OCH3 is 1. The molecule has 2 rings (SSSR count). The maximum atomic E-state index is 5.20. The van der Waals surface area contributed by atoms with Crippen molar-refractivity contribution < 1.29 is 4.74 Å². The maximum Gasteiger partial charge on any atom is 0.119 e. The first-order chi connectivity index (χ1) is 7.70. The Kier molecular flexibility index (Phi) is 2.95. The van der Waals surface area contributed by atoms with Crippen LogP contribution in [-0.2, 0) is 6.54 Å². The molecule has 2 aromatic rings. The molecule has 0 spiro atoms. The van der Waals surface area contributed by atoms with Crippen LogP contribution in [0.25, 0.3) is 0 Å². The van der Waals surface area contributed by atoms with E-state index in [1.54, 1.807) is 7.11 Å². The second kappa shape index (κ2) is 4.39. The molecule has 0 saturated heterocycles. The Bertz CT molecular complexity index is 488. The predicted molar refractivity (Wildman–Crippen MR) is 63.8 cm³/mol. The lowest BCUT2D eigenvalue weighted by Crippen LogP contribution is -2.00. The fourth-order valence-electron chi connectivity index (χ4n) is 1.67. The zero-order chi connectivity index (χ0) is 11.5. The lowest BCUT2D eigenvalue weighted by Gasteiger charge is -2.07. The van der Waals surface area contributed by atoms with Gasteiger partial charge in [-0.15, -0.1) is 0 Å².